The van der Waals surface area contributed by atoms with Crippen LogP contribution in [0.3, 0.4) is 0 Å². The van der Waals surface area contributed by atoms with Gasteiger partial charge in [-0.05, 0) is 25.3 Å². The maximum absolute atomic E-state index is 11.6. The first-order chi connectivity index (χ1) is 7.72. The molecule has 92 valence electrons. The summed E-state index contributed by atoms with van der Waals surface area (Å²) in [5.41, 5.74) is 0. The fourth-order valence-electron chi connectivity index (χ4n) is 2.58. The van der Waals surface area contributed by atoms with Crippen LogP contribution in [0.2, 0.25) is 0 Å². The molecule has 0 aliphatic carbocycles. The number of rotatable bonds is 4. The maximum atomic E-state index is 11.6. The lowest BCUT2D eigenvalue weighted by Gasteiger charge is -2.29. The molecular weight excluding hydrogens is 206 g/mol. The molecule has 0 saturated carbocycles. The lowest BCUT2D eigenvalue weighted by Crippen LogP contribution is -2.51. The molecule has 5 heteroatoms. The summed E-state index contributed by atoms with van der Waals surface area (Å²) in [6, 6.07) is 0.155. The highest BCUT2D eigenvalue weighted by atomic mass is 16.6. The predicted octanol–water partition coefficient (Wildman–Crippen LogP) is 0.803. The van der Waals surface area contributed by atoms with Crippen LogP contribution in [0.15, 0.2) is 0 Å². The topological polar surface area (TPSA) is 58.8 Å². The second kappa shape index (κ2) is 5.01. The Morgan fingerprint density at radius 1 is 1.56 bits per heavy atom. The highest BCUT2D eigenvalue weighted by Crippen LogP contribution is 2.30. The van der Waals surface area contributed by atoms with Gasteiger partial charge in [-0.3, -0.25) is 0 Å². The highest BCUT2D eigenvalue weighted by molar-refractivity contribution is 5.67. The Labute approximate surface area is 96.5 Å². The van der Waals surface area contributed by atoms with Gasteiger partial charge in [-0.1, -0.05) is 13.3 Å². The number of amides is 1. The molecule has 16 heavy (non-hydrogen) atoms. The van der Waals surface area contributed by atoms with Crippen LogP contribution >= 0.6 is 0 Å². The van der Waals surface area contributed by atoms with Gasteiger partial charge in [-0.15, -0.1) is 0 Å². The molecule has 2 bridgehead atoms. The molecule has 2 N–H and O–H groups in total. The van der Waals surface area contributed by atoms with Crippen molar-refractivity contribution in [3.8, 4) is 0 Å². The summed E-state index contributed by atoms with van der Waals surface area (Å²) < 4.78 is 5.11. The molecule has 2 aliphatic rings. The number of fused-ring (bicyclic) bond motifs is 2. The fraction of sp³-hybridized carbons (Fsp3) is 0.909. The molecule has 5 nitrogen and oxygen atoms in total. The lowest BCUT2D eigenvalue weighted by molar-refractivity contribution is 0.0733. The molecule has 2 fully saturated rings. The molecule has 2 rings (SSSR count). The number of hydrogen-bond donors (Lipinski definition) is 1. The molecule has 0 aromatic rings. The summed E-state index contributed by atoms with van der Waals surface area (Å²) in [6.45, 7) is 5.69. The zero-order valence-corrected chi connectivity index (χ0v) is 9.89. The van der Waals surface area contributed by atoms with E-state index in [1.807, 2.05) is 0 Å². The van der Waals surface area contributed by atoms with E-state index in [1.165, 1.54) is 5.01 Å². The quantitative estimate of drug-likeness (QED) is 0.334. The average Bonchev–Trinajstić information content (AvgIpc) is 2.90. The summed E-state index contributed by atoms with van der Waals surface area (Å²) in [6.07, 6.45) is 2.71. The van der Waals surface area contributed by atoms with Crippen molar-refractivity contribution in [1.82, 2.24) is 9.91 Å². The number of piperidine rings is 1. The van der Waals surface area contributed by atoms with Gasteiger partial charge in [0.05, 0.1) is 12.6 Å². The van der Waals surface area contributed by atoms with Crippen molar-refractivity contribution < 1.29 is 9.53 Å². The Kier molecular flexibility index (Phi) is 3.66. The van der Waals surface area contributed by atoms with Crippen LogP contribution in [0.4, 0.5) is 4.79 Å². The van der Waals surface area contributed by atoms with Crippen molar-refractivity contribution in [2.75, 3.05) is 26.2 Å². The SMILES string of the molecule is CCCCOC(=O)N(N)C1CN2CCC1C2. The van der Waals surface area contributed by atoms with Crippen LogP contribution in [0.1, 0.15) is 26.2 Å². The zero-order valence-electron chi connectivity index (χ0n) is 9.89. The van der Waals surface area contributed by atoms with E-state index in [9.17, 15) is 4.79 Å². The Morgan fingerprint density at radius 2 is 2.38 bits per heavy atom. The second-order valence-electron chi connectivity index (χ2n) is 4.75. The van der Waals surface area contributed by atoms with E-state index < -0.39 is 0 Å². The Bertz CT molecular complexity index is 260. The van der Waals surface area contributed by atoms with E-state index in [2.05, 4.69) is 11.8 Å². The molecule has 1 amide bonds. The molecular formula is C11H21N3O2. The van der Waals surface area contributed by atoms with Crippen LogP contribution in [-0.4, -0.2) is 48.3 Å². The van der Waals surface area contributed by atoms with Gasteiger partial charge in [0.1, 0.15) is 0 Å². The smallest absolute Gasteiger partial charge is 0.424 e. The minimum atomic E-state index is -0.368. The van der Waals surface area contributed by atoms with Crippen molar-refractivity contribution in [3.05, 3.63) is 0 Å². The van der Waals surface area contributed by atoms with Crippen molar-refractivity contribution >= 4 is 6.09 Å². The minimum absolute atomic E-state index is 0.155. The Hall–Kier alpha value is -0.810. The van der Waals surface area contributed by atoms with Crippen molar-refractivity contribution in [3.63, 3.8) is 0 Å². The summed E-state index contributed by atoms with van der Waals surface area (Å²) in [5.74, 6) is 6.37. The molecule has 0 aromatic carbocycles. The van der Waals surface area contributed by atoms with E-state index in [0.717, 1.165) is 38.9 Å². The average molecular weight is 227 g/mol. The van der Waals surface area contributed by atoms with Gasteiger partial charge in [-0.25, -0.2) is 15.6 Å². The van der Waals surface area contributed by atoms with Crippen LogP contribution in [0.5, 0.6) is 0 Å². The number of hydrazine groups is 1. The van der Waals surface area contributed by atoms with Crippen LogP contribution < -0.4 is 5.84 Å². The summed E-state index contributed by atoms with van der Waals surface area (Å²) in [4.78, 5) is 14.0. The summed E-state index contributed by atoms with van der Waals surface area (Å²) >= 11 is 0. The van der Waals surface area contributed by atoms with E-state index in [1.54, 1.807) is 0 Å². The summed E-state index contributed by atoms with van der Waals surface area (Å²) in [5, 5.41) is 1.31. The molecule has 0 spiro atoms. The maximum Gasteiger partial charge on any atom is 0.424 e. The first-order valence-electron chi connectivity index (χ1n) is 6.15. The van der Waals surface area contributed by atoms with Crippen molar-refractivity contribution in [2.24, 2.45) is 11.8 Å². The summed E-state index contributed by atoms with van der Waals surface area (Å²) in [7, 11) is 0. The van der Waals surface area contributed by atoms with E-state index in [-0.39, 0.29) is 12.1 Å². The van der Waals surface area contributed by atoms with E-state index >= 15 is 0 Å². The molecule has 3 unspecified atom stereocenters. The van der Waals surface area contributed by atoms with Crippen LogP contribution in [-0.2, 0) is 4.74 Å². The normalized spacial score (nSPS) is 31.8. The van der Waals surface area contributed by atoms with E-state index in [4.69, 9.17) is 10.6 Å². The monoisotopic (exact) mass is 227 g/mol. The third-order valence-corrected chi connectivity index (χ3v) is 3.59. The molecule has 2 saturated heterocycles. The predicted molar refractivity (Wildman–Crippen MR) is 60.6 cm³/mol. The van der Waals surface area contributed by atoms with Crippen LogP contribution in [0.25, 0.3) is 0 Å². The first kappa shape index (κ1) is 11.7. The lowest BCUT2D eigenvalue weighted by atomic mass is 10.00. The molecule has 2 heterocycles. The molecule has 0 radical (unpaired) electrons. The highest BCUT2D eigenvalue weighted by Gasteiger charge is 2.42. The minimum Gasteiger partial charge on any atom is -0.448 e. The van der Waals surface area contributed by atoms with Crippen molar-refractivity contribution in [2.45, 2.75) is 32.2 Å². The largest absolute Gasteiger partial charge is 0.448 e. The molecule has 0 aromatic heterocycles. The second-order valence-corrected chi connectivity index (χ2v) is 4.75. The van der Waals surface area contributed by atoms with Gasteiger partial charge in [0.15, 0.2) is 0 Å². The van der Waals surface area contributed by atoms with Crippen molar-refractivity contribution in [1.29, 1.82) is 0 Å². The number of carbonyl (C=O) groups is 1. The Morgan fingerprint density at radius 3 is 2.94 bits per heavy atom. The fourth-order valence-corrected chi connectivity index (χ4v) is 2.58. The van der Waals surface area contributed by atoms with Gasteiger partial charge < -0.3 is 9.64 Å². The number of nitrogens with two attached hydrogens (primary N) is 1. The van der Waals surface area contributed by atoms with Gasteiger partial charge in [0, 0.05) is 13.1 Å². The van der Waals surface area contributed by atoms with Crippen LogP contribution in [0, 0.1) is 5.92 Å². The van der Waals surface area contributed by atoms with Gasteiger partial charge in [0.2, 0.25) is 0 Å². The van der Waals surface area contributed by atoms with Gasteiger partial charge in [-0.2, -0.15) is 0 Å². The van der Waals surface area contributed by atoms with E-state index in [0.29, 0.717) is 12.5 Å². The number of hydrogen-bond acceptors (Lipinski definition) is 4. The number of carbonyl (C=O) groups excluding carboxylic acids is 1. The van der Waals surface area contributed by atoms with Gasteiger partial charge >= 0.3 is 6.09 Å². The third kappa shape index (κ3) is 2.30. The standard InChI is InChI=1S/C11H21N3O2/c1-2-3-6-16-11(15)14(12)10-8-13-5-4-9(10)7-13/h9-10H,2-8,12H2,1H3. The number of nitrogens with zero attached hydrogens (tertiary/aromatic N) is 2. The first-order valence-corrected chi connectivity index (χ1v) is 6.15. The number of ether oxygens (including phenoxy) is 1. The number of unbranched alkanes of at least 4 members (excludes halogenated alkanes) is 1. The van der Waals surface area contributed by atoms with Gasteiger partial charge in [0.25, 0.3) is 0 Å². The molecule has 3 atom stereocenters. The zero-order chi connectivity index (χ0) is 11.5. The molecule has 2 aliphatic heterocycles. The third-order valence-electron chi connectivity index (χ3n) is 3.59. The Balaban J connectivity index is 1.78.